The molecule has 0 bridgehead atoms. The molecule has 0 radical (unpaired) electrons. The third-order valence-electron chi connectivity index (χ3n) is 4.38. The van der Waals surface area contributed by atoms with Crippen LogP contribution < -0.4 is 5.32 Å². The van der Waals surface area contributed by atoms with Crippen molar-refractivity contribution in [3.05, 3.63) is 82.3 Å². The second-order valence-electron chi connectivity index (χ2n) is 6.31. The fraction of sp³-hybridized carbons (Fsp3) is 0.182. The molecule has 5 heteroatoms. The van der Waals surface area contributed by atoms with Gasteiger partial charge in [0, 0.05) is 4.47 Å². The molecule has 1 amide bonds. The quantitative estimate of drug-likeness (QED) is 0.588. The highest BCUT2D eigenvalue weighted by atomic mass is 79.9. The first-order valence-electron chi connectivity index (χ1n) is 8.64. The molecule has 0 aromatic heterocycles. The van der Waals surface area contributed by atoms with Crippen molar-refractivity contribution < 1.29 is 14.3 Å². The predicted octanol–water partition coefficient (Wildman–Crippen LogP) is 4.57. The molecular formula is C22H20BrNO3. The zero-order valence-electron chi connectivity index (χ0n) is 14.9. The fourth-order valence-corrected chi connectivity index (χ4v) is 3.24. The van der Waals surface area contributed by atoms with Gasteiger partial charge < -0.3 is 10.1 Å². The molecule has 3 aromatic rings. The van der Waals surface area contributed by atoms with Gasteiger partial charge in [-0.1, -0.05) is 70.5 Å². The van der Waals surface area contributed by atoms with Crippen molar-refractivity contribution in [2.45, 2.75) is 18.9 Å². The van der Waals surface area contributed by atoms with Crippen LogP contribution in [0.3, 0.4) is 0 Å². The molecule has 0 aliphatic carbocycles. The Morgan fingerprint density at radius 2 is 1.70 bits per heavy atom. The van der Waals surface area contributed by atoms with Gasteiger partial charge in [-0.25, -0.2) is 0 Å². The minimum atomic E-state index is -0.432. The Bertz CT molecular complexity index is 953. The highest BCUT2D eigenvalue weighted by Crippen LogP contribution is 2.21. The lowest BCUT2D eigenvalue weighted by atomic mass is 10.0. The Kier molecular flexibility index (Phi) is 6.24. The standard InChI is InChI=1S/C22H20BrNO3/c1-27-22(26)14-20(17-8-10-19(23)11-9-17)24-21(25)13-15-6-7-16-4-2-3-5-18(16)12-15/h2-12,20H,13-14H2,1H3,(H,24,25)/t20-/m0/s1. The van der Waals surface area contributed by atoms with E-state index in [1.807, 2.05) is 66.7 Å². The molecule has 0 fully saturated rings. The summed E-state index contributed by atoms with van der Waals surface area (Å²) in [5, 5.41) is 5.20. The lowest BCUT2D eigenvalue weighted by Crippen LogP contribution is -2.31. The number of hydrogen-bond acceptors (Lipinski definition) is 3. The molecule has 4 nitrogen and oxygen atoms in total. The molecule has 0 aliphatic heterocycles. The SMILES string of the molecule is COC(=O)C[C@H](NC(=O)Cc1ccc2ccccc2c1)c1ccc(Br)cc1. The van der Waals surface area contributed by atoms with Gasteiger partial charge in [0.25, 0.3) is 0 Å². The number of rotatable bonds is 6. The summed E-state index contributed by atoms with van der Waals surface area (Å²) < 4.78 is 5.71. The average Bonchev–Trinajstić information content (AvgIpc) is 2.67. The minimum absolute atomic E-state index is 0.0849. The van der Waals surface area contributed by atoms with Crippen LogP contribution in [0.4, 0.5) is 0 Å². The van der Waals surface area contributed by atoms with Gasteiger partial charge in [0.1, 0.15) is 0 Å². The third kappa shape index (κ3) is 5.17. The minimum Gasteiger partial charge on any atom is -0.469 e. The topological polar surface area (TPSA) is 55.4 Å². The Hall–Kier alpha value is -2.66. The van der Waals surface area contributed by atoms with Crippen LogP contribution in [0.2, 0.25) is 0 Å². The molecule has 0 saturated heterocycles. The number of carbonyl (C=O) groups is 2. The Labute approximate surface area is 166 Å². The maximum Gasteiger partial charge on any atom is 0.307 e. The van der Waals surface area contributed by atoms with Gasteiger partial charge in [0.05, 0.1) is 26.0 Å². The fourth-order valence-electron chi connectivity index (χ4n) is 2.98. The zero-order valence-corrected chi connectivity index (χ0v) is 16.5. The molecule has 1 atom stereocenters. The number of halogens is 1. The van der Waals surface area contributed by atoms with Crippen molar-refractivity contribution in [2.24, 2.45) is 0 Å². The highest BCUT2D eigenvalue weighted by molar-refractivity contribution is 9.10. The van der Waals surface area contributed by atoms with E-state index in [4.69, 9.17) is 4.74 Å². The predicted molar refractivity (Wildman–Crippen MR) is 109 cm³/mol. The number of methoxy groups -OCH3 is 1. The largest absolute Gasteiger partial charge is 0.469 e. The number of fused-ring (bicyclic) bond motifs is 1. The van der Waals surface area contributed by atoms with Crippen molar-refractivity contribution in [1.82, 2.24) is 5.32 Å². The van der Waals surface area contributed by atoms with E-state index in [1.165, 1.54) is 7.11 Å². The van der Waals surface area contributed by atoms with Crippen LogP contribution in [-0.2, 0) is 20.7 Å². The van der Waals surface area contributed by atoms with Crippen LogP contribution >= 0.6 is 15.9 Å². The van der Waals surface area contributed by atoms with Crippen LogP contribution in [0.1, 0.15) is 23.6 Å². The monoisotopic (exact) mass is 425 g/mol. The lowest BCUT2D eigenvalue weighted by molar-refractivity contribution is -0.141. The number of ether oxygens (including phenoxy) is 1. The van der Waals surface area contributed by atoms with E-state index < -0.39 is 6.04 Å². The Balaban J connectivity index is 1.74. The number of carbonyl (C=O) groups excluding carboxylic acids is 2. The summed E-state index contributed by atoms with van der Waals surface area (Å²) in [6.07, 6.45) is 0.334. The smallest absolute Gasteiger partial charge is 0.307 e. The van der Waals surface area contributed by atoms with Gasteiger partial charge >= 0.3 is 5.97 Å². The summed E-state index contributed by atoms with van der Waals surface area (Å²) in [6, 6.07) is 21.1. The number of benzene rings is 3. The first-order chi connectivity index (χ1) is 13.0. The van der Waals surface area contributed by atoms with Gasteiger partial charge in [-0.15, -0.1) is 0 Å². The van der Waals surface area contributed by atoms with Crippen LogP contribution in [0.25, 0.3) is 10.8 Å². The Morgan fingerprint density at radius 1 is 1.00 bits per heavy atom. The van der Waals surface area contributed by atoms with Gasteiger partial charge in [-0.05, 0) is 34.0 Å². The molecular weight excluding hydrogens is 406 g/mol. The molecule has 138 valence electrons. The maximum atomic E-state index is 12.6. The van der Waals surface area contributed by atoms with E-state index in [9.17, 15) is 9.59 Å². The molecule has 0 saturated carbocycles. The van der Waals surface area contributed by atoms with E-state index in [1.54, 1.807) is 0 Å². The Morgan fingerprint density at radius 3 is 2.41 bits per heavy atom. The van der Waals surface area contributed by atoms with Crippen molar-refractivity contribution in [3.8, 4) is 0 Å². The van der Waals surface area contributed by atoms with Crippen molar-refractivity contribution >= 4 is 38.6 Å². The highest BCUT2D eigenvalue weighted by Gasteiger charge is 2.19. The van der Waals surface area contributed by atoms with Gasteiger partial charge in [0.2, 0.25) is 5.91 Å². The molecule has 0 aliphatic rings. The first-order valence-corrected chi connectivity index (χ1v) is 9.44. The van der Waals surface area contributed by atoms with Gasteiger partial charge in [0.15, 0.2) is 0 Å². The lowest BCUT2D eigenvalue weighted by Gasteiger charge is -2.18. The normalized spacial score (nSPS) is 11.8. The second-order valence-corrected chi connectivity index (χ2v) is 7.23. The summed E-state index contributed by atoms with van der Waals surface area (Å²) in [4.78, 5) is 24.4. The molecule has 27 heavy (non-hydrogen) atoms. The van der Waals surface area contributed by atoms with Crippen LogP contribution in [0.5, 0.6) is 0 Å². The van der Waals surface area contributed by atoms with E-state index in [2.05, 4.69) is 21.2 Å². The summed E-state index contributed by atoms with van der Waals surface area (Å²) in [7, 11) is 1.35. The van der Waals surface area contributed by atoms with Crippen molar-refractivity contribution in [3.63, 3.8) is 0 Å². The van der Waals surface area contributed by atoms with E-state index in [0.717, 1.165) is 26.4 Å². The van der Waals surface area contributed by atoms with Crippen LogP contribution in [0.15, 0.2) is 71.2 Å². The molecule has 0 spiro atoms. The zero-order chi connectivity index (χ0) is 19.2. The molecule has 3 rings (SSSR count). The van der Waals surface area contributed by atoms with E-state index in [0.29, 0.717) is 0 Å². The maximum absolute atomic E-state index is 12.6. The summed E-state index contributed by atoms with van der Waals surface area (Å²) in [5.74, 6) is -0.504. The summed E-state index contributed by atoms with van der Waals surface area (Å²) in [6.45, 7) is 0. The van der Waals surface area contributed by atoms with E-state index >= 15 is 0 Å². The van der Waals surface area contributed by atoms with Gasteiger partial charge in [-0.2, -0.15) is 0 Å². The number of nitrogens with one attached hydrogen (secondary N) is 1. The summed E-state index contributed by atoms with van der Waals surface area (Å²) >= 11 is 3.39. The summed E-state index contributed by atoms with van der Waals surface area (Å²) in [5.41, 5.74) is 1.79. The molecule has 3 aromatic carbocycles. The third-order valence-corrected chi connectivity index (χ3v) is 4.91. The average molecular weight is 426 g/mol. The van der Waals surface area contributed by atoms with Crippen LogP contribution in [0, 0.1) is 0 Å². The van der Waals surface area contributed by atoms with E-state index in [-0.39, 0.29) is 24.7 Å². The van der Waals surface area contributed by atoms with Gasteiger partial charge in [-0.3, -0.25) is 9.59 Å². The molecule has 0 heterocycles. The van der Waals surface area contributed by atoms with Crippen molar-refractivity contribution in [2.75, 3.05) is 7.11 Å². The number of hydrogen-bond donors (Lipinski definition) is 1. The van der Waals surface area contributed by atoms with Crippen molar-refractivity contribution in [1.29, 1.82) is 0 Å². The number of esters is 1. The molecule has 0 unspecified atom stereocenters. The number of amides is 1. The first kappa shape index (κ1) is 19.1. The van der Waals surface area contributed by atoms with Crippen LogP contribution in [-0.4, -0.2) is 19.0 Å². The molecule has 1 N–H and O–H groups in total. The second kappa shape index (κ2) is 8.82.